The molecule has 2 atom stereocenters. The van der Waals surface area contributed by atoms with Gasteiger partial charge in [0, 0.05) is 55.5 Å². The van der Waals surface area contributed by atoms with Gasteiger partial charge in [-0.1, -0.05) is 36.4 Å². The van der Waals surface area contributed by atoms with Crippen molar-refractivity contribution in [2.24, 2.45) is 5.92 Å². The second-order valence-corrected chi connectivity index (χ2v) is 10.6. The Kier molecular flexibility index (Phi) is 6.51. The van der Waals surface area contributed by atoms with Crippen molar-refractivity contribution in [1.29, 1.82) is 0 Å². The molecule has 4 heterocycles. The first-order chi connectivity index (χ1) is 18.5. The Balaban J connectivity index is 1.08. The molecule has 0 radical (unpaired) electrons. The summed E-state index contributed by atoms with van der Waals surface area (Å²) < 4.78 is 5.52. The van der Waals surface area contributed by atoms with E-state index in [1.807, 2.05) is 42.5 Å². The third-order valence-corrected chi connectivity index (χ3v) is 8.48. The van der Waals surface area contributed by atoms with E-state index in [9.17, 15) is 19.2 Å². The highest BCUT2D eigenvalue weighted by molar-refractivity contribution is 6.06. The minimum atomic E-state index is -0.612. The van der Waals surface area contributed by atoms with Crippen LogP contribution in [0, 0.1) is 5.92 Å². The van der Waals surface area contributed by atoms with Gasteiger partial charge in [0.15, 0.2) is 0 Å². The van der Waals surface area contributed by atoms with Gasteiger partial charge in [-0.3, -0.25) is 19.7 Å². The highest BCUT2D eigenvalue weighted by atomic mass is 16.6. The Morgan fingerprint density at radius 3 is 2.39 bits per heavy atom. The van der Waals surface area contributed by atoms with Crippen LogP contribution in [0.3, 0.4) is 0 Å². The maximum Gasteiger partial charge on any atom is 0.410 e. The molecule has 0 spiro atoms. The Bertz CT molecular complexity index is 1260. The highest BCUT2D eigenvalue weighted by Gasteiger charge is 2.43. The summed E-state index contributed by atoms with van der Waals surface area (Å²) in [6, 6.07) is 15.3. The number of likely N-dealkylation sites (tertiary alicyclic amines) is 1. The van der Waals surface area contributed by atoms with E-state index in [0.717, 1.165) is 42.6 Å². The average Bonchev–Trinajstić information content (AvgIpc) is 3.24. The van der Waals surface area contributed by atoms with E-state index in [1.165, 1.54) is 0 Å². The summed E-state index contributed by atoms with van der Waals surface area (Å²) in [6.45, 7) is 2.94. The normalized spacial score (nSPS) is 23.7. The van der Waals surface area contributed by atoms with Gasteiger partial charge >= 0.3 is 6.09 Å². The number of nitrogens with one attached hydrogen (secondary N) is 1. The van der Waals surface area contributed by atoms with Crippen LogP contribution in [0.4, 0.5) is 10.5 Å². The number of benzene rings is 2. The molecule has 38 heavy (non-hydrogen) atoms. The van der Waals surface area contributed by atoms with Crippen LogP contribution < -0.4 is 10.2 Å². The quantitative estimate of drug-likeness (QED) is 0.614. The van der Waals surface area contributed by atoms with Crippen molar-refractivity contribution in [2.75, 3.05) is 24.5 Å². The first kappa shape index (κ1) is 24.5. The van der Waals surface area contributed by atoms with E-state index < -0.39 is 6.04 Å². The van der Waals surface area contributed by atoms with Gasteiger partial charge in [-0.25, -0.2) is 4.79 Å². The molecule has 6 rings (SSSR count). The molecule has 0 aromatic heterocycles. The van der Waals surface area contributed by atoms with E-state index in [0.29, 0.717) is 43.6 Å². The average molecular weight is 517 g/mol. The fraction of sp³-hybridized carbons (Fsp3) is 0.448. The standard InChI is InChI=1S/C29H32N4O5/c34-26-10-9-25(27(35)30-26)33-17-22-21(28(33)36)7-4-8-24(22)32-16-13-23(32)20-11-14-31(15-12-20)29(37)38-18-19-5-2-1-3-6-19/h1-8,20,23,25H,9-18H2,(H,30,34,35)/t23-,25-/m1/s1. The van der Waals surface area contributed by atoms with Crippen molar-refractivity contribution < 1.29 is 23.9 Å². The summed E-state index contributed by atoms with van der Waals surface area (Å²) in [4.78, 5) is 55.7. The van der Waals surface area contributed by atoms with Crippen molar-refractivity contribution in [1.82, 2.24) is 15.1 Å². The maximum atomic E-state index is 13.2. The summed E-state index contributed by atoms with van der Waals surface area (Å²) in [7, 11) is 0. The second-order valence-electron chi connectivity index (χ2n) is 10.6. The first-order valence-corrected chi connectivity index (χ1v) is 13.5. The number of hydrogen-bond acceptors (Lipinski definition) is 6. The van der Waals surface area contributed by atoms with E-state index in [4.69, 9.17) is 4.74 Å². The predicted octanol–water partition coefficient (Wildman–Crippen LogP) is 3.08. The van der Waals surface area contributed by atoms with Crippen LogP contribution >= 0.6 is 0 Å². The van der Waals surface area contributed by atoms with E-state index in [-0.39, 0.29) is 36.8 Å². The van der Waals surface area contributed by atoms with Crippen LogP contribution in [0.2, 0.25) is 0 Å². The number of anilines is 1. The van der Waals surface area contributed by atoms with Gasteiger partial charge < -0.3 is 19.4 Å². The van der Waals surface area contributed by atoms with Crippen LogP contribution in [0.25, 0.3) is 0 Å². The van der Waals surface area contributed by atoms with Gasteiger partial charge in [-0.2, -0.15) is 0 Å². The number of amides is 4. The largest absolute Gasteiger partial charge is 0.445 e. The van der Waals surface area contributed by atoms with Crippen molar-refractivity contribution in [3.63, 3.8) is 0 Å². The summed E-state index contributed by atoms with van der Waals surface area (Å²) in [5.74, 6) is -0.355. The Hall–Kier alpha value is -3.88. The molecule has 2 aromatic rings. The lowest BCUT2D eigenvalue weighted by atomic mass is 9.81. The molecular weight excluding hydrogens is 484 g/mol. The molecule has 9 nitrogen and oxygen atoms in total. The Morgan fingerprint density at radius 1 is 0.895 bits per heavy atom. The molecule has 4 aliphatic heterocycles. The third-order valence-electron chi connectivity index (χ3n) is 8.48. The molecule has 0 saturated carbocycles. The lowest BCUT2D eigenvalue weighted by Crippen LogP contribution is -2.55. The minimum Gasteiger partial charge on any atom is -0.445 e. The van der Waals surface area contributed by atoms with Crippen LogP contribution in [-0.4, -0.2) is 65.3 Å². The minimum absolute atomic E-state index is 0.143. The SMILES string of the molecule is O=C1CC[C@@H](N2Cc3c(cccc3N3CC[C@@H]3C3CCN(C(=O)OCc4ccccc4)CC3)C2=O)C(=O)N1. The number of fused-ring (bicyclic) bond motifs is 1. The zero-order chi connectivity index (χ0) is 26.2. The molecule has 0 unspecified atom stereocenters. The van der Waals surface area contributed by atoms with Gasteiger partial charge in [-0.05, 0) is 49.3 Å². The van der Waals surface area contributed by atoms with Gasteiger partial charge in [0.1, 0.15) is 12.6 Å². The Labute approximate surface area is 221 Å². The van der Waals surface area contributed by atoms with Crippen LogP contribution in [0.5, 0.6) is 0 Å². The molecule has 4 amide bonds. The van der Waals surface area contributed by atoms with E-state index in [2.05, 4.69) is 16.3 Å². The maximum absolute atomic E-state index is 13.2. The predicted molar refractivity (Wildman–Crippen MR) is 139 cm³/mol. The van der Waals surface area contributed by atoms with Crippen LogP contribution in [0.15, 0.2) is 48.5 Å². The topological polar surface area (TPSA) is 99.3 Å². The zero-order valence-electron chi connectivity index (χ0n) is 21.3. The first-order valence-electron chi connectivity index (χ1n) is 13.5. The zero-order valence-corrected chi connectivity index (χ0v) is 21.3. The number of piperidine rings is 2. The van der Waals surface area contributed by atoms with Gasteiger partial charge in [0.25, 0.3) is 5.91 Å². The fourth-order valence-corrected chi connectivity index (χ4v) is 6.31. The van der Waals surface area contributed by atoms with Crippen molar-refractivity contribution in [2.45, 2.75) is 57.3 Å². The lowest BCUT2D eigenvalue weighted by molar-refractivity contribution is -0.136. The summed E-state index contributed by atoms with van der Waals surface area (Å²) >= 11 is 0. The number of nitrogens with zero attached hydrogens (tertiary/aromatic N) is 3. The summed E-state index contributed by atoms with van der Waals surface area (Å²) in [6.07, 6.45) is 3.26. The van der Waals surface area contributed by atoms with Crippen LogP contribution in [0.1, 0.15) is 53.6 Å². The molecule has 0 bridgehead atoms. The molecule has 3 fully saturated rings. The molecular formula is C29H32N4O5. The number of imide groups is 1. The Morgan fingerprint density at radius 2 is 1.68 bits per heavy atom. The van der Waals surface area contributed by atoms with Crippen molar-refractivity contribution in [3.05, 3.63) is 65.2 Å². The van der Waals surface area contributed by atoms with Gasteiger partial charge in [0.2, 0.25) is 11.8 Å². The number of carbonyl (C=O) groups is 4. The number of ether oxygens (including phenoxy) is 1. The molecule has 9 heteroatoms. The van der Waals surface area contributed by atoms with Gasteiger partial charge in [-0.15, -0.1) is 0 Å². The molecule has 2 aromatic carbocycles. The molecule has 198 valence electrons. The highest BCUT2D eigenvalue weighted by Crippen LogP contribution is 2.41. The summed E-state index contributed by atoms with van der Waals surface area (Å²) in [5, 5.41) is 2.37. The fourth-order valence-electron chi connectivity index (χ4n) is 6.31. The molecule has 1 N–H and O–H groups in total. The lowest BCUT2D eigenvalue weighted by Gasteiger charge is -2.49. The number of hydrogen-bond donors (Lipinski definition) is 1. The second kappa shape index (κ2) is 10.1. The van der Waals surface area contributed by atoms with E-state index in [1.54, 1.807) is 9.80 Å². The van der Waals surface area contributed by atoms with E-state index >= 15 is 0 Å². The third kappa shape index (κ3) is 4.50. The smallest absolute Gasteiger partial charge is 0.410 e. The van der Waals surface area contributed by atoms with Crippen molar-refractivity contribution >= 4 is 29.5 Å². The number of rotatable bonds is 5. The van der Waals surface area contributed by atoms with Crippen LogP contribution in [-0.2, 0) is 27.5 Å². The monoisotopic (exact) mass is 516 g/mol. The van der Waals surface area contributed by atoms with Crippen molar-refractivity contribution in [3.8, 4) is 0 Å². The molecule has 0 aliphatic carbocycles. The molecule has 4 aliphatic rings. The van der Waals surface area contributed by atoms with Gasteiger partial charge in [0.05, 0.1) is 0 Å². The summed E-state index contributed by atoms with van der Waals surface area (Å²) in [5.41, 5.74) is 3.65. The molecule has 3 saturated heterocycles. The number of carbonyl (C=O) groups excluding carboxylic acids is 4.